The molecule has 0 aromatic carbocycles. The largest absolute Gasteiger partial charge is 0.308 e. The minimum Gasteiger partial charge on any atom is -0.308 e. The smallest absolute Gasteiger partial charge is 0.148 e. The lowest BCUT2D eigenvalue weighted by atomic mass is 10.4. The highest BCUT2D eigenvalue weighted by molar-refractivity contribution is 7.90. The summed E-state index contributed by atoms with van der Waals surface area (Å²) in [5, 5.41) is 3.41. The Hall–Kier alpha value is -0.0600. The number of hydrogen-bond acceptors (Lipinski definition) is 3. The van der Waals surface area contributed by atoms with Crippen molar-refractivity contribution in [3.63, 3.8) is 0 Å². The Bertz CT molecular complexity index is 248. The molecular formula is C7H14ClNO2S. The second kappa shape index (κ2) is 4.84. The van der Waals surface area contributed by atoms with Crippen molar-refractivity contribution < 1.29 is 8.42 Å². The molecule has 72 valence electrons. The first-order chi connectivity index (χ1) is 5.31. The molecule has 0 aliphatic heterocycles. The summed E-state index contributed by atoms with van der Waals surface area (Å²) in [6.07, 6.45) is 1.21. The normalized spacial score (nSPS) is 14.2. The molecule has 12 heavy (non-hydrogen) atoms. The maximum absolute atomic E-state index is 10.8. The lowest BCUT2D eigenvalue weighted by Gasteiger charge is -2.11. The third-order valence-corrected chi connectivity index (χ3v) is 2.43. The van der Waals surface area contributed by atoms with Crippen LogP contribution in [0.5, 0.6) is 0 Å². The highest BCUT2D eigenvalue weighted by atomic mass is 35.5. The minimum atomic E-state index is -2.91. The molecule has 1 unspecified atom stereocenters. The van der Waals surface area contributed by atoms with Crippen LogP contribution in [0, 0.1) is 0 Å². The predicted octanol–water partition coefficient (Wildman–Crippen LogP) is 0.762. The van der Waals surface area contributed by atoms with Crippen molar-refractivity contribution in [3.8, 4) is 0 Å². The zero-order chi connectivity index (χ0) is 9.78. The van der Waals surface area contributed by atoms with Gasteiger partial charge in [0.25, 0.3) is 0 Å². The first-order valence-corrected chi connectivity index (χ1v) is 5.99. The van der Waals surface area contributed by atoms with Crippen LogP contribution in [0.3, 0.4) is 0 Å². The standard InChI is InChI=1S/C7H14ClNO2S/c1-6(8)4-9-7(2)5-12(3,10)11/h7,9H,1,4-5H2,2-3H3. The molecular weight excluding hydrogens is 198 g/mol. The van der Waals surface area contributed by atoms with Crippen LogP contribution >= 0.6 is 11.6 Å². The zero-order valence-electron chi connectivity index (χ0n) is 7.30. The van der Waals surface area contributed by atoms with Gasteiger partial charge in [0.1, 0.15) is 9.84 Å². The molecule has 1 N–H and O–H groups in total. The summed E-state index contributed by atoms with van der Waals surface area (Å²) in [5.74, 6) is 0.122. The molecule has 0 radical (unpaired) electrons. The van der Waals surface area contributed by atoms with Gasteiger partial charge in [-0.05, 0) is 6.92 Å². The highest BCUT2D eigenvalue weighted by Crippen LogP contribution is 1.95. The maximum atomic E-state index is 10.8. The van der Waals surface area contributed by atoms with E-state index in [9.17, 15) is 8.42 Å². The first-order valence-electron chi connectivity index (χ1n) is 3.55. The molecule has 0 amide bonds. The fourth-order valence-electron chi connectivity index (χ4n) is 0.798. The van der Waals surface area contributed by atoms with Gasteiger partial charge >= 0.3 is 0 Å². The van der Waals surface area contributed by atoms with E-state index in [1.807, 2.05) is 0 Å². The Morgan fingerprint density at radius 1 is 1.67 bits per heavy atom. The van der Waals surface area contributed by atoms with Crippen LogP contribution in [-0.4, -0.2) is 33.0 Å². The monoisotopic (exact) mass is 211 g/mol. The maximum Gasteiger partial charge on any atom is 0.148 e. The molecule has 3 nitrogen and oxygen atoms in total. The van der Waals surface area contributed by atoms with Crippen LogP contribution in [0.25, 0.3) is 0 Å². The van der Waals surface area contributed by atoms with Gasteiger partial charge in [0.2, 0.25) is 0 Å². The van der Waals surface area contributed by atoms with Crippen molar-refractivity contribution in [1.82, 2.24) is 5.32 Å². The van der Waals surface area contributed by atoms with Crippen LogP contribution in [0.4, 0.5) is 0 Å². The number of sulfone groups is 1. The van der Waals surface area contributed by atoms with E-state index in [1.54, 1.807) is 6.92 Å². The Balaban J connectivity index is 3.75. The summed E-state index contributed by atoms with van der Waals surface area (Å²) >= 11 is 5.49. The Morgan fingerprint density at radius 3 is 2.50 bits per heavy atom. The Morgan fingerprint density at radius 2 is 2.17 bits per heavy atom. The van der Waals surface area contributed by atoms with Crippen molar-refractivity contribution in [2.24, 2.45) is 0 Å². The molecule has 0 aliphatic carbocycles. The van der Waals surface area contributed by atoms with Crippen molar-refractivity contribution in [2.75, 3.05) is 18.6 Å². The van der Waals surface area contributed by atoms with Crippen molar-refractivity contribution in [2.45, 2.75) is 13.0 Å². The van der Waals surface area contributed by atoms with E-state index >= 15 is 0 Å². The molecule has 5 heteroatoms. The minimum absolute atomic E-state index is 0.0875. The summed E-state index contributed by atoms with van der Waals surface area (Å²) in [7, 11) is -2.91. The molecule has 0 rings (SSSR count). The SMILES string of the molecule is C=C(Cl)CNC(C)CS(C)(=O)=O. The topological polar surface area (TPSA) is 46.2 Å². The van der Waals surface area contributed by atoms with Crippen molar-refractivity contribution in [1.29, 1.82) is 0 Å². The van der Waals surface area contributed by atoms with E-state index in [4.69, 9.17) is 11.6 Å². The van der Waals surface area contributed by atoms with Gasteiger partial charge in [-0.2, -0.15) is 0 Å². The van der Waals surface area contributed by atoms with Crippen molar-refractivity contribution >= 4 is 21.4 Å². The van der Waals surface area contributed by atoms with Gasteiger partial charge in [0, 0.05) is 23.9 Å². The van der Waals surface area contributed by atoms with E-state index in [0.717, 1.165) is 0 Å². The van der Waals surface area contributed by atoms with Gasteiger partial charge in [0.15, 0.2) is 0 Å². The molecule has 0 spiro atoms. The molecule has 0 aromatic heterocycles. The summed E-state index contributed by atoms with van der Waals surface area (Å²) in [4.78, 5) is 0. The summed E-state index contributed by atoms with van der Waals surface area (Å²) < 4.78 is 21.6. The summed E-state index contributed by atoms with van der Waals surface area (Å²) in [5.41, 5.74) is 0. The summed E-state index contributed by atoms with van der Waals surface area (Å²) in [6.45, 7) is 5.71. The lowest BCUT2D eigenvalue weighted by molar-refractivity contribution is 0.576. The van der Waals surface area contributed by atoms with Crippen molar-refractivity contribution in [3.05, 3.63) is 11.6 Å². The van der Waals surface area contributed by atoms with Gasteiger partial charge in [-0.3, -0.25) is 0 Å². The number of nitrogens with one attached hydrogen (secondary N) is 1. The van der Waals surface area contributed by atoms with Crippen LogP contribution in [-0.2, 0) is 9.84 Å². The van der Waals surface area contributed by atoms with E-state index in [1.165, 1.54) is 6.26 Å². The van der Waals surface area contributed by atoms with Gasteiger partial charge < -0.3 is 5.32 Å². The van der Waals surface area contributed by atoms with E-state index < -0.39 is 9.84 Å². The molecule has 0 heterocycles. The fourth-order valence-corrected chi connectivity index (χ4v) is 1.90. The van der Waals surface area contributed by atoms with Gasteiger partial charge in [-0.15, -0.1) is 0 Å². The van der Waals surface area contributed by atoms with Gasteiger partial charge in [-0.1, -0.05) is 18.2 Å². The molecule has 0 saturated carbocycles. The molecule has 0 bridgehead atoms. The Kier molecular flexibility index (Phi) is 4.82. The molecule has 1 atom stereocenters. The van der Waals surface area contributed by atoms with Crippen LogP contribution in [0.1, 0.15) is 6.92 Å². The number of hydrogen-bond donors (Lipinski definition) is 1. The predicted molar refractivity (Wildman–Crippen MR) is 52.2 cm³/mol. The third kappa shape index (κ3) is 8.04. The molecule has 0 aromatic rings. The third-order valence-electron chi connectivity index (χ3n) is 1.20. The highest BCUT2D eigenvalue weighted by Gasteiger charge is 2.09. The fraction of sp³-hybridized carbons (Fsp3) is 0.714. The molecule has 0 saturated heterocycles. The van der Waals surface area contributed by atoms with Gasteiger partial charge in [0.05, 0.1) is 5.75 Å². The van der Waals surface area contributed by atoms with Crippen LogP contribution in [0.2, 0.25) is 0 Å². The van der Waals surface area contributed by atoms with E-state index in [0.29, 0.717) is 11.6 Å². The molecule has 0 fully saturated rings. The second-order valence-corrected chi connectivity index (χ2v) is 5.61. The lowest BCUT2D eigenvalue weighted by Crippen LogP contribution is -2.33. The average molecular weight is 212 g/mol. The van der Waals surface area contributed by atoms with E-state index in [2.05, 4.69) is 11.9 Å². The van der Waals surface area contributed by atoms with Crippen LogP contribution in [0.15, 0.2) is 11.6 Å². The zero-order valence-corrected chi connectivity index (χ0v) is 8.87. The Labute approximate surface area is 78.7 Å². The second-order valence-electron chi connectivity index (χ2n) is 2.89. The summed E-state index contributed by atoms with van der Waals surface area (Å²) in [6, 6.07) is -0.0875. The van der Waals surface area contributed by atoms with E-state index in [-0.39, 0.29) is 11.8 Å². The average Bonchev–Trinajstić information content (AvgIpc) is 1.79. The quantitative estimate of drug-likeness (QED) is 0.731. The molecule has 0 aliphatic rings. The first kappa shape index (κ1) is 11.9. The van der Waals surface area contributed by atoms with Crippen LogP contribution < -0.4 is 5.32 Å². The number of halogens is 1. The van der Waals surface area contributed by atoms with Gasteiger partial charge in [-0.25, -0.2) is 8.42 Å². The number of rotatable bonds is 5.